The van der Waals surface area contributed by atoms with Crippen molar-refractivity contribution in [1.29, 1.82) is 0 Å². The van der Waals surface area contributed by atoms with Gasteiger partial charge in [-0.25, -0.2) is 4.39 Å². The molecule has 0 aliphatic carbocycles. The van der Waals surface area contributed by atoms with E-state index in [-0.39, 0.29) is 11.9 Å². The normalized spacial score (nSPS) is 12.5. The van der Waals surface area contributed by atoms with Gasteiger partial charge in [0, 0.05) is 4.47 Å². The Hall–Kier alpha value is -1.19. The van der Waals surface area contributed by atoms with Crippen LogP contribution in [0.1, 0.15) is 28.3 Å². The predicted octanol–water partition coefficient (Wildman–Crippen LogP) is 4.51. The number of aryl methyl sites for hydroxylation is 2. The molecule has 19 heavy (non-hydrogen) atoms. The van der Waals surface area contributed by atoms with E-state index in [1.165, 1.54) is 5.56 Å². The van der Waals surface area contributed by atoms with Gasteiger partial charge in [-0.3, -0.25) is 0 Å². The standard InChI is InChI=1S/C16H17BrFN/c1-10-7-8-12(9-14(10)18)16(19-3)13-6-4-5-11(2)15(13)17/h4-9,16,19H,1-3H3. The van der Waals surface area contributed by atoms with Gasteiger partial charge < -0.3 is 5.32 Å². The van der Waals surface area contributed by atoms with Crippen LogP contribution in [-0.4, -0.2) is 7.05 Å². The smallest absolute Gasteiger partial charge is 0.126 e. The van der Waals surface area contributed by atoms with E-state index >= 15 is 0 Å². The average molecular weight is 322 g/mol. The molecule has 0 heterocycles. The Morgan fingerprint density at radius 2 is 1.84 bits per heavy atom. The first-order valence-electron chi connectivity index (χ1n) is 6.23. The molecule has 0 aliphatic heterocycles. The molecule has 0 amide bonds. The molecule has 0 aliphatic rings. The fourth-order valence-electron chi connectivity index (χ4n) is 2.18. The molecular weight excluding hydrogens is 305 g/mol. The second-order valence-corrected chi connectivity index (χ2v) is 5.50. The maximum absolute atomic E-state index is 13.7. The molecule has 1 N–H and O–H groups in total. The highest BCUT2D eigenvalue weighted by atomic mass is 79.9. The van der Waals surface area contributed by atoms with Gasteiger partial charge in [-0.15, -0.1) is 0 Å². The van der Waals surface area contributed by atoms with Crippen molar-refractivity contribution in [3.8, 4) is 0 Å². The molecule has 2 aromatic carbocycles. The van der Waals surface area contributed by atoms with E-state index in [1.807, 2.05) is 25.2 Å². The lowest BCUT2D eigenvalue weighted by Crippen LogP contribution is -2.18. The summed E-state index contributed by atoms with van der Waals surface area (Å²) < 4.78 is 14.8. The lowest BCUT2D eigenvalue weighted by molar-refractivity contribution is 0.608. The van der Waals surface area contributed by atoms with Gasteiger partial charge >= 0.3 is 0 Å². The van der Waals surface area contributed by atoms with Crippen molar-refractivity contribution in [1.82, 2.24) is 5.32 Å². The topological polar surface area (TPSA) is 12.0 Å². The summed E-state index contributed by atoms with van der Waals surface area (Å²) in [6.45, 7) is 3.83. The molecule has 0 saturated heterocycles. The van der Waals surface area contributed by atoms with E-state index in [0.29, 0.717) is 5.56 Å². The Bertz CT molecular complexity index is 595. The number of nitrogens with one attached hydrogen (secondary N) is 1. The van der Waals surface area contributed by atoms with Crippen molar-refractivity contribution in [2.24, 2.45) is 0 Å². The summed E-state index contributed by atoms with van der Waals surface area (Å²) in [6, 6.07) is 11.5. The third-order valence-corrected chi connectivity index (χ3v) is 4.43. The summed E-state index contributed by atoms with van der Waals surface area (Å²) in [6.07, 6.45) is 0. The summed E-state index contributed by atoms with van der Waals surface area (Å²) in [5, 5.41) is 3.25. The highest BCUT2D eigenvalue weighted by molar-refractivity contribution is 9.10. The molecule has 2 rings (SSSR count). The molecule has 1 unspecified atom stereocenters. The summed E-state index contributed by atoms with van der Waals surface area (Å²) in [7, 11) is 1.89. The summed E-state index contributed by atoms with van der Waals surface area (Å²) in [5.74, 6) is -0.165. The second-order valence-electron chi connectivity index (χ2n) is 4.71. The van der Waals surface area contributed by atoms with Crippen molar-refractivity contribution in [2.45, 2.75) is 19.9 Å². The van der Waals surface area contributed by atoms with Crippen molar-refractivity contribution in [3.05, 3.63) is 68.9 Å². The van der Waals surface area contributed by atoms with Crippen LogP contribution in [0.2, 0.25) is 0 Å². The molecule has 3 heteroatoms. The zero-order chi connectivity index (χ0) is 14.0. The van der Waals surface area contributed by atoms with Crippen molar-refractivity contribution in [3.63, 3.8) is 0 Å². The molecule has 0 fully saturated rings. The van der Waals surface area contributed by atoms with Gasteiger partial charge in [0.2, 0.25) is 0 Å². The van der Waals surface area contributed by atoms with E-state index in [2.05, 4.69) is 40.3 Å². The van der Waals surface area contributed by atoms with Crippen LogP contribution in [0.25, 0.3) is 0 Å². The summed E-state index contributed by atoms with van der Waals surface area (Å²) >= 11 is 3.62. The first kappa shape index (κ1) is 14.2. The molecular formula is C16H17BrFN. The van der Waals surface area contributed by atoms with Crippen LogP contribution in [0.3, 0.4) is 0 Å². The lowest BCUT2D eigenvalue weighted by Gasteiger charge is -2.20. The Morgan fingerprint density at radius 3 is 2.47 bits per heavy atom. The van der Waals surface area contributed by atoms with E-state index in [1.54, 1.807) is 13.0 Å². The monoisotopic (exact) mass is 321 g/mol. The van der Waals surface area contributed by atoms with Crippen molar-refractivity contribution < 1.29 is 4.39 Å². The largest absolute Gasteiger partial charge is 0.309 e. The van der Waals surface area contributed by atoms with Gasteiger partial charge in [0.1, 0.15) is 5.82 Å². The number of rotatable bonds is 3. The minimum Gasteiger partial charge on any atom is -0.309 e. The highest BCUT2D eigenvalue weighted by Gasteiger charge is 2.16. The van der Waals surface area contributed by atoms with Gasteiger partial charge in [-0.1, -0.05) is 46.3 Å². The molecule has 1 nitrogen and oxygen atoms in total. The molecule has 1 atom stereocenters. The molecule has 0 bridgehead atoms. The molecule has 0 spiro atoms. The van der Waals surface area contributed by atoms with E-state index in [4.69, 9.17) is 0 Å². The van der Waals surface area contributed by atoms with Crippen molar-refractivity contribution >= 4 is 15.9 Å². The van der Waals surface area contributed by atoms with Crippen LogP contribution in [0.4, 0.5) is 4.39 Å². The van der Waals surface area contributed by atoms with Gasteiger partial charge in [0.05, 0.1) is 6.04 Å². The van der Waals surface area contributed by atoms with Gasteiger partial charge in [0.25, 0.3) is 0 Å². The summed E-state index contributed by atoms with van der Waals surface area (Å²) in [4.78, 5) is 0. The maximum Gasteiger partial charge on any atom is 0.126 e. The third kappa shape index (κ3) is 2.88. The Morgan fingerprint density at radius 1 is 1.11 bits per heavy atom. The maximum atomic E-state index is 13.7. The van der Waals surface area contributed by atoms with Crippen LogP contribution in [0.5, 0.6) is 0 Å². The highest BCUT2D eigenvalue weighted by Crippen LogP contribution is 2.31. The number of halogens is 2. The Kier molecular flexibility index (Phi) is 4.38. The van der Waals surface area contributed by atoms with Crippen LogP contribution in [0, 0.1) is 19.7 Å². The van der Waals surface area contributed by atoms with Crippen LogP contribution in [-0.2, 0) is 0 Å². The molecule has 0 saturated carbocycles. The fraction of sp³-hybridized carbons (Fsp3) is 0.250. The average Bonchev–Trinajstić information content (AvgIpc) is 2.39. The summed E-state index contributed by atoms with van der Waals surface area (Å²) in [5.41, 5.74) is 3.88. The SMILES string of the molecule is CNC(c1ccc(C)c(F)c1)c1cccc(C)c1Br. The van der Waals surface area contributed by atoms with Crippen LogP contribution < -0.4 is 5.32 Å². The first-order chi connectivity index (χ1) is 9.04. The van der Waals surface area contributed by atoms with Gasteiger partial charge in [-0.05, 0) is 49.2 Å². The zero-order valence-electron chi connectivity index (χ0n) is 11.3. The molecule has 2 aromatic rings. The van der Waals surface area contributed by atoms with Crippen LogP contribution in [0.15, 0.2) is 40.9 Å². The Balaban J connectivity index is 2.50. The number of hydrogen-bond acceptors (Lipinski definition) is 1. The lowest BCUT2D eigenvalue weighted by atomic mass is 9.96. The number of benzene rings is 2. The minimum atomic E-state index is -0.165. The third-order valence-electron chi connectivity index (χ3n) is 3.35. The van der Waals surface area contributed by atoms with E-state index in [0.717, 1.165) is 15.6 Å². The van der Waals surface area contributed by atoms with Crippen LogP contribution >= 0.6 is 15.9 Å². The van der Waals surface area contributed by atoms with Crippen molar-refractivity contribution in [2.75, 3.05) is 7.05 Å². The molecule has 0 radical (unpaired) electrons. The van der Waals surface area contributed by atoms with E-state index in [9.17, 15) is 4.39 Å². The molecule has 0 aromatic heterocycles. The minimum absolute atomic E-state index is 0.0237. The second kappa shape index (κ2) is 5.85. The van der Waals surface area contributed by atoms with E-state index < -0.39 is 0 Å². The van der Waals surface area contributed by atoms with Gasteiger partial charge in [0.15, 0.2) is 0 Å². The predicted molar refractivity (Wildman–Crippen MR) is 80.9 cm³/mol. The van der Waals surface area contributed by atoms with Gasteiger partial charge in [-0.2, -0.15) is 0 Å². The fourth-order valence-corrected chi connectivity index (χ4v) is 2.68. The Labute approximate surface area is 122 Å². The zero-order valence-corrected chi connectivity index (χ0v) is 12.9. The molecule has 100 valence electrons. The quantitative estimate of drug-likeness (QED) is 0.876. The first-order valence-corrected chi connectivity index (χ1v) is 7.02. The number of hydrogen-bond donors (Lipinski definition) is 1.